The van der Waals surface area contributed by atoms with Crippen molar-refractivity contribution in [3.05, 3.63) is 53.7 Å². The first-order valence-corrected chi connectivity index (χ1v) is 8.37. The second-order valence-electron chi connectivity index (χ2n) is 6.08. The third-order valence-electron chi connectivity index (χ3n) is 4.25. The summed E-state index contributed by atoms with van der Waals surface area (Å²) >= 11 is 0. The number of anilines is 1. The first-order chi connectivity index (χ1) is 11.7. The van der Waals surface area contributed by atoms with E-state index >= 15 is 0 Å². The van der Waals surface area contributed by atoms with Crippen LogP contribution in [0.3, 0.4) is 0 Å². The third-order valence-corrected chi connectivity index (χ3v) is 4.25. The number of amides is 1. The number of hydrogen-bond acceptors (Lipinski definition) is 4. The molecule has 2 aromatic rings. The molecule has 1 aromatic heterocycles. The monoisotopic (exact) mass is 325 g/mol. The summed E-state index contributed by atoms with van der Waals surface area (Å²) in [5.74, 6) is 0.357. The summed E-state index contributed by atoms with van der Waals surface area (Å²) in [5, 5.41) is 2.89. The summed E-state index contributed by atoms with van der Waals surface area (Å²) in [5.41, 5.74) is 2.52. The number of piperidine rings is 1. The molecule has 1 aliphatic rings. The van der Waals surface area contributed by atoms with Gasteiger partial charge in [0.05, 0.1) is 7.11 Å². The van der Waals surface area contributed by atoms with Crippen LogP contribution in [0.1, 0.15) is 35.2 Å². The zero-order chi connectivity index (χ0) is 16.8. The van der Waals surface area contributed by atoms with Crippen LogP contribution in [-0.4, -0.2) is 36.0 Å². The molecule has 5 heteroatoms. The van der Waals surface area contributed by atoms with E-state index < -0.39 is 0 Å². The largest absolute Gasteiger partial charge is 0.481 e. The fourth-order valence-electron chi connectivity index (χ4n) is 2.99. The normalized spacial score (nSPS) is 15.0. The van der Waals surface area contributed by atoms with Crippen molar-refractivity contribution in [2.24, 2.45) is 0 Å². The van der Waals surface area contributed by atoms with Crippen LogP contribution in [0, 0.1) is 0 Å². The summed E-state index contributed by atoms with van der Waals surface area (Å²) in [7, 11) is 1.55. The number of methoxy groups -OCH3 is 1. The van der Waals surface area contributed by atoms with E-state index in [1.165, 1.54) is 24.8 Å². The number of hydrogen-bond donors (Lipinski definition) is 1. The smallest absolute Gasteiger partial charge is 0.255 e. The number of nitrogens with one attached hydrogen (secondary N) is 1. The maximum atomic E-state index is 12.5. The highest BCUT2D eigenvalue weighted by Crippen LogP contribution is 2.17. The highest BCUT2D eigenvalue weighted by atomic mass is 16.5. The van der Waals surface area contributed by atoms with Gasteiger partial charge >= 0.3 is 0 Å². The van der Waals surface area contributed by atoms with Gasteiger partial charge in [0.2, 0.25) is 5.88 Å². The van der Waals surface area contributed by atoms with E-state index in [4.69, 9.17) is 4.74 Å². The number of pyridine rings is 1. The Bertz CT molecular complexity index is 697. The van der Waals surface area contributed by atoms with Gasteiger partial charge in [0, 0.05) is 30.1 Å². The minimum Gasteiger partial charge on any atom is -0.481 e. The van der Waals surface area contributed by atoms with Gasteiger partial charge in [-0.15, -0.1) is 0 Å². The lowest BCUT2D eigenvalue weighted by atomic mass is 10.1. The van der Waals surface area contributed by atoms with Crippen molar-refractivity contribution in [1.29, 1.82) is 0 Å². The summed E-state index contributed by atoms with van der Waals surface area (Å²) in [6.45, 7) is 3.20. The number of ether oxygens (including phenoxy) is 1. The minimum absolute atomic E-state index is 0.122. The Morgan fingerprint density at radius 1 is 1.21 bits per heavy atom. The Labute approximate surface area is 142 Å². The lowest BCUT2D eigenvalue weighted by molar-refractivity contribution is 0.102. The fourth-order valence-corrected chi connectivity index (χ4v) is 2.99. The van der Waals surface area contributed by atoms with Gasteiger partial charge < -0.3 is 10.1 Å². The maximum Gasteiger partial charge on any atom is 0.255 e. The molecule has 126 valence electrons. The number of benzene rings is 1. The molecule has 1 N–H and O–H groups in total. The molecule has 1 aliphatic heterocycles. The van der Waals surface area contributed by atoms with E-state index in [-0.39, 0.29) is 5.91 Å². The van der Waals surface area contributed by atoms with E-state index in [1.54, 1.807) is 25.4 Å². The molecule has 5 nitrogen and oxygen atoms in total. The second-order valence-corrected chi connectivity index (χ2v) is 6.08. The average Bonchev–Trinajstić information content (AvgIpc) is 2.63. The fraction of sp³-hybridized carbons (Fsp3) is 0.368. The van der Waals surface area contributed by atoms with Crippen molar-refractivity contribution >= 4 is 11.6 Å². The van der Waals surface area contributed by atoms with Crippen molar-refractivity contribution in [3.8, 4) is 5.88 Å². The molecular formula is C19H23N3O2. The van der Waals surface area contributed by atoms with Gasteiger partial charge in [0.15, 0.2) is 0 Å². The zero-order valence-electron chi connectivity index (χ0n) is 14.0. The maximum absolute atomic E-state index is 12.5. The van der Waals surface area contributed by atoms with E-state index in [0.717, 1.165) is 19.6 Å². The standard InChI is InChI=1S/C19H23N3O2/c1-24-18-13-17(8-9-20-18)21-19(23)16-7-5-6-15(12-16)14-22-10-3-2-4-11-22/h5-9,12-13H,2-4,10-11,14H2,1H3,(H,20,21,23). The number of rotatable bonds is 5. The van der Waals surface area contributed by atoms with Crippen molar-refractivity contribution in [2.75, 3.05) is 25.5 Å². The quantitative estimate of drug-likeness (QED) is 0.916. The Morgan fingerprint density at radius 3 is 2.83 bits per heavy atom. The molecule has 24 heavy (non-hydrogen) atoms. The molecule has 0 aliphatic carbocycles. The van der Waals surface area contributed by atoms with Crippen LogP contribution >= 0.6 is 0 Å². The average molecular weight is 325 g/mol. The van der Waals surface area contributed by atoms with Crippen LogP contribution < -0.4 is 10.1 Å². The highest BCUT2D eigenvalue weighted by Gasteiger charge is 2.12. The first-order valence-electron chi connectivity index (χ1n) is 8.37. The van der Waals surface area contributed by atoms with Gasteiger partial charge in [0.1, 0.15) is 0 Å². The summed E-state index contributed by atoms with van der Waals surface area (Å²) in [6.07, 6.45) is 5.48. The zero-order valence-corrected chi connectivity index (χ0v) is 14.0. The molecule has 0 atom stereocenters. The summed E-state index contributed by atoms with van der Waals surface area (Å²) in [6, 6.07) is 11.3. The molecule has 1 aromatic carbocycles. The molecule has 3 rings (SSSR count). The van der Waals surface area contributed by atoms with Gasteiger partial charge in [-0.05, 0) is 49.7 Å². The van der Waals surface area contributed by atoms with Gasteiger partial charge in [-0.3, -0.25) is 9.69 Å². The van der Waals surface area contributed by atoms with Crippen LogP contribution in [0.15, 0.2) is 42.6 Å². The van der Waals surface area contributed by atoms with Gasteiger partial charge in [0.25, 0.3) is 5.91 Å². The van der Waals surface area contributed by atoms with E-state index in [1.807, 2.05) is 18.2 Å². The first kappa shape index (κ1) is 16.5. The van der Waals surface area contributed by atoms with Crippen molar-refractivity contribution < 1.29 is 9.53 Å². The lowest BCUT2D eigenvalue weighted by Gasteiger charge is -2.26. The highest BCUT2D eigenvalue weighted by molar-refractivity contribution is 6.04. The van der Waals surface area contributed by atoms with Crippen LogP contribution in [0.25, 0.3) is 0 Å². The Hall–Kier alpha value is -2.40. The molecule has 0 radical (unpaired) electrons. The molecule has 0 unspecified atom stereocenters. The number of carbonyl (C=O) groups is 1. The van der Waals surface area contributed by atoms with Crippen LogP contribution in [0.2, 0.25) is 0 Å². The Balaban J connectivity index is 1.67. The molecular weight excluding hydrogens is 302 g/mol. The predicted molar refractivity (Wildman–Crippen MR) is 94.3 cm³/mol. The van der Waals surface area contributed by atoms with Crippen LogP contribution in [0.4, 0.5) is 5.69 Å². The number of carbonyl (C=O) groups excluding carboxylic acids is 1. The lowest BCUT2D eigenvalue weighted by Crippen LogP contribution is -2.29. The van der Waals surface area contributed by atoms with Crippen molar-refractivity contribution in [2.45, 2.75) is 25.8 Å². The predicted octanol–water partition coefficient (Wildman–Crippen LogP) is 3.33. The van der Waals surface area contributed by atoms with E-state index in [0.29, 0.717) is 17.1 Å². The summed E-state index contributed by atoms with van der Waals surface area (Å²) < 4.78 is 5.08. The molecule has 0 bridgehead atoms. The SMILES string of the molecule is COc1cc(NC(=O)c2cccc(CN3CCCCC3)c2)ccn1. The molecule has 1 fully saturated rings. The van der Waals surface area contributed by atoms with Gasteiger partial charge in [-0.25, -0.2) is 4.98 Å². The number of aromatic nitrogens is 1. The Kier molecular flexibility index (Phi) is 5.43. The Morgan fingerprint density at radius 2 is 2.04 bits per heavy atom. The molecule has 2 heterocycles. The number of likely N-dealkylation sites (tertiary alicyclic amines) is 1. The van der Waals surface area contributed by atoms with Crippen molar-refractivity contribution in [1.82, 2.24) is 9.88 Å². The van der Waals surface area contributed by atoms with Gasteiger partial charge in [-0.2, -0.15) is 0 Å². The van der Waals surface area contributed by atoms with E-state index in [9.17, 15) is 4.79 Å². The number of nitrogens with zero attached hydrogens (tertiary/aromatic N) is 2. The second kappa shape index (κ2) is 7.93. The molecule has 0 spiro atoms. The van der Waals surface area contributed by atoms with Crippen molar-refractivity contribution in [3.63, 3.8) is 0 Å². The summed E-state index contributed by atoms with van der Waals surface area (Å²) in [4.78, 5) is 19.0. The third kappa shape index (κ3) is 4.32. The topological polar surface area (TPSA) is 54.5 Å². The minimum atomic E-state index is -0.122. The van der Waals surface area contributed by atoms with E-state index in [2.05, 4.69) is 21.3 Å². The van der Waals surface area contributed by atoms with Gasteiger partial charge in [-0.1, -0.05) is 18.6 Å². The molecule has 1 amide bonds. The van der Waals surface area contributed by atoms with Crippen LogP contribution in [0.5, 0.6) is 5.88 Å². The van der Waals surface area contributed by atoms with Crippen LogP contribution in [-0.2, 0) is 6.54 Å². The molecule has 1 saturated heterocycles. The molecule has 0 saturated carbocycles.